The summed E-state index contributed by atoms with van der Waals surface area (Å²) in [6, 6.07) is 9.55. The van der Waals surface area contributed by atoms with Crippen LogP contribution in [-0.2, 0) is 0 Å². The summed E-state index contributed by atoms with van der Waals surface area (Å²) in [5.74, 6) is 1.62. The van der Waals surface area contributed by atoms with Crippen LogP contribution in [0.1, 0.15) is 35.9 Å². The average Bonchev–Trinajstić information content (AvgIpc) is 3.33. The highest BCUT2D eigenvalue weighted by Crippen LogP contribution is 2.38. The van der Waals surface area contributed by atoms with E-state index in [4.69, 9.17) is 9.15 Å². The van der Waals surface area contributed by atoms with Gasteiger partial charge in [-0.15, -0.1) is 0 Å². The van der Waals surface area contributed by atoms with Crippen LogP contribution in [-0.4, -0.2) is 19.1 Å². The van der Waals surface area contributed by atoms with E-state index in [1.807, 2.05) is 42.2 Å². The lowest BCUT2D eigenvalue weighted by Crippen LogP contribution is -2.40. The minimum atomic E-state index is -0.0993. The number of ether oxygens (including phenoxy) is 1. The molecule has 0 bridgehead atoms. The quantitative estimate of drug-likeness (QED) is 0.750. The molecule has 0 spiro atoms. The van der Waals surface area contributed by atoms with Crippen molar-refractivity contribution in [1.29, 1.82) is 0 Å². The normalized spacial score (nSPS) is 15.3. The molecule has 1 aliphatic carbocycles. The molecule has 5 heteroatoms. The van der Waals surface area contributed by atoms with Gasteiger partial charge in [-0.2, -0.15) is 0 Å². The van der Waals surface area contributed by atoms with E-state index in [0.717, 1.165) is 17.0 Å². The molecule has 122 valence electrons. The second-order valence-electron chi connectivity index (χ2n) is 6.01. The van der Waals surface area contributed by atoms with E-state index in [-0.39, 0.29) is 11.9 Å². The maximum Gasteiger partial charge on any atom is 0.294 e. The largest absolute Gasteiger partial charge is 0.497 e. The minimum Gasteiger partial charge on any atom is -0.497 e. The zero-order chi connectivity index (χ0) is 16.6. The van der Waals surface area contributed by atoms with Gasteiger partial charge >= 0.3 is 0 Å². The molecule has 2 aromatic rings. The van der Waals surface area contributed by atoms with Crippen molar-refractivity contribution in [1.82, 2.24) is 0 Å². The highest BCUT2D eigenvalue weighted by molar-refractivity contribution is 9.10. The second-order valence-corrected chi connectivity index (χ2v) is 6.80. The van der Waals surface area contributed by atoms with Crippen LogP contribution in [0.5, 0.6) is 5.75 Å². The Morgan fingerprint density at radius 2 is 2.00 bits per heavy atom. The predicted molar refractivity (Wildman–Crippen MR) is 93.1 cm³/mol. The summed E-state index contributed by atoms with van der Waals surface area (Å²) in [6.45, 7) is 3.99. The molecule has 1 aromatic heterocycles. The van der Waals surface area contributed by atoms with E-state index < -0.39 is 0 Å². The fraction of sp³-hybridized carbons (Fsp3) is 0.389. The Labute approximate surface area is 144 Å². The van der Waals surface area contributed by atoms with Gasteiger partial charge in [0.2, 0.25) is 0 Å². The Bertz CT molecular complexity index is 704. The monoisotopic (exact) mass is 377 g/mol. The third kappa shape index (κ3) is 3.29. The molecule has 1 aromatic carbocycles. The van der Waals surface area contributed by atoms with E-state index >= 15 is 0 Å². The maximum atomic E-state index is 13.1. The summed E-state index contributed by atoms with van der Waals surface area (Å²) < 4.78 is 11.4. The van der Waals surface area contributed by atoms with Crippen molar-refractivity contribution >= 4 is 27.5 Å². The van der Waals surface area contributed by atoms with Crippen molar-refractivity contribution in [3.05, 3.63) is 46.3 Å². The highest BCUT2D eigenvalue weighted by Gasteiger charge is 2.36. The third-order valence-corrected chi connectivity index (χ3v) is 4.75. The van der Waals surface area contributed by atoms with Crippen LogP contribution in [0.25, 0.3) is 0 Å². The number of hydrogen-bond acceptors (Lipinski definition) is 3. The zero-order valence-corrected chi connectivity index (χ0v) is 15.1. The third-order valence-electron chi connectivity index (χ3n) is 4.36. The molecule has 0 N–H and O–H groups in total. The van der Waals surface area contributed by atoms with Crippen LogP contribution in [0.15, 0.2) is 39.4 Å². The van der Waals surface area contributed by atoms with Gasteiger partial charge in [0.1, 0.15) is 5.75 Å². The number of nitrogens with zero attached hydrogens (tertiary/aromatic N) is 1. The SMILES string of the molecule is COc1ccc(N(C(=O)c2oc(Br)cc2C)C(C)C2CC2)cc1. The Balaban J connectivity index is 1.97. The number of aryl methyl sites for hydroxylation is 1. The molecule has 0 saturated heterocycles. The number of anilines is 1. The molecule has 4 nitrogen and oxygen atoms in total. The molecular weight excluding hydrogens is 358 g/mol. The zero-order valence-electron chi connectivity index (χ0n) is 13.5. The smallest absolute Gasteiger partial charge is 0.294 e. The Kier molecular flexibility index (Phi) is 4.48. The lowest BCUT2D eigenvalue weighted by Gasteiger charge is -2.29. The van der Waals surface area contributed by atoms with Gasteiger partial charge in [0.05, 0.1) is 7.11 Å². The number of benzene rings is 1. The summed E-state index contributed by atoms with van der Waals surface area (Å²) in [4.78, 5) is 14.9. The molecule has 1 atom stereocenters. The van der Waals surface area contributed by atoms with Crippen molar-refractivity contribution in [2.75, 3.05) is 12.0 Å². The predicted octanol–water partition coefficient (Wildman–Crippen LogP) is 4.80. The molecule has 1 heterocycles. The number of amides is 1. The Morgan fingerprint density at radius 1 is 1.35 bits per heavy atom. The second kappa shape index (κ2) is 6.40. The Hall–Kier alpha value is -1.75. The molecule has 1 aliphatic rings. The van der Waals surface area contributed by atoms with Gasteiger partial charge in [-0.3, -0.25) is 4.79 Å². The van der Waals surface area contributed by atoms with E-state index in [2.05, 4.69) is 22.9 Å². The Morgan fingerprint density at radius 3 is 2.48 bits per heavy atom. The summed E-state index contributed by atoms with van der Waals surface area (Å²) >= 11 is 3.30. The van der Waals surface area contributed by atoms with Gasteiger partial charge < -0.3 is 14.1 Å². The molecule has 3 rings (SSSR count). The summed E-state index contributed by atoms with van der Waals surface area (Å²) in [7, 11) is 1.63. The standard InChI is InChI=1S/C18H20BrNO3/c1-11-10-16(19)23-17(11)18(21)20(12(2)13-4-5-13)14-6-8-15(22-3)9-7-14/h6-10,12-13H,4-5H2,1-3H3. The first kappa shape index (κ1) is 16.1. The van der Waals surface area contributed by atoms with Gasteiger partial charge in [-0.25, -0.2) is 0 Å². The number of rotatable bonds is 5. The van der Waals surface area contributed by atoms with E-state index in [1.165, 1.54) is 12.8 Å². The van der Waals surface area contributed by atoms with Crippen LogP contribution in [0.4, 0.5) is 5.69 Å². The summed E-state index contributed by atoms with van der Waals surface area (Å²) in [6.07, 6.45) is 2.34. The van der Waals surface area contributed by atoms with E-state index in [0.29, 0.717) is 16.3 Å². The lowest BCUT2D eigenvalue weighted by molar-refractivity contribution is 0.0946. The van der Waals surface area contributed by atoms with Crippen LogP contribution in [0.3, 0.4) is 0 Å². The highest BCUT2D eigenvalue weighted by atomic mass is 79.9. The lowest BCUT2D eigenvalue weighted by atomic mass is 10.1. The molecule has 1 amide bonds. The number of hydrogen-bond donors (Lipinski definition) is 0. The maximum absolute atomic E-state index is 13.1. The fourth-order valence-electron chi connectivity index (χ4n) is 2.83. The summed E-state index contributed by atoms with van der Waals surface area (Å²) in [5.41, 5.74) is 1.70. The van der Waals surface area contributed by atoms with Gasteiger partial charge in [0.25, 0.3) is 5.91 Å². The average molecular weight is 378 g/mol. The van der Waals surface area contributed by atoms with Gasteiger partial charge in [0.15, 0.2) is 10.4 Å². The number of carbonyl (C=O) groups excluding carboxylic acids is 1. The topological polar surface area (TPSA) is 42.7 Å². The minimum absolute atomic E-state index is 0.0993. The molecule has 0 aliphatic heterocycles. The van der Waals surface area contributed by atoms with Crippen molar-refractivity contribution < 1.29 is 13.9 Å². The van der Waals surface area contributed by atoms with Crippen LogP contribution in [0.2, 0.25) is 0 Å². The van der Waals surface area contributed by atoms with Gasteiger partial charge in [-0.05, 0) is 78.9 Å². The first-order valence-corrected chi connectivity index (χ1v) is 8.54. The van der Waals surface area contributed by atoms with Gasteiger partial charge in [0, 0.05) is 17.3 Å². The molecule has 1 saturated carbocycles. The molecule has 1 fully saturated rings. The van der Waals surface area contributed by atoms with Crippen LogP contribution in [0, 0.1) is 12.8 Å². The number of halogens is 1. The molecule has 23 heavy (non-hydrogen) atoms. The van der Waals surface area contributed by atoms with E-state index in [9.17, 15) is 4.79 Å². The molecule has 1 unspecified atom stereocenters. The van der Waals surface area contributed by atoms with Crippen LogP contribution < -0.4 is 9.64 Å². The number of methoxy groups -OCH3 is 1. The van der Waals surface area contributed by atoms with Crippen LogP contribution >= 0.6 is 15.9 Å². The summed E-state index contributed by atoms with van der Waals surface area (Å²) in [5, 5.41) is 0. The van der Waals surface area contributed by atoms with Crippen molar-refractivity contribution in [3.8, 4) is 5.75 Å². The number of carbonyl (C=O) groups is 1. The van der Waals surface area contributed by atoms with Crippen molar-refractivity contribution in [3.63, 3.8) is 0 Å². The first-order valence-electron chi connectivity index (χ1n) is 7.75. The molecule has 0 radical (unpaired) electrons. The van der Waals surface area contributed by atoms with Gasteiger partial charge in [-0.1, -0.05) is 0 Å². The van der Waals surface area contributed by atoms with Crippen molar-refractivity contribution in [2.24, 2.45) is 5.92 Å². The van der Waals surface area contributed by atoms with E-state index in [1.54, 1.807) is 7.11 Å². The van der Waals surface area contributed by atoms with Crippen molar-refractivity contribution in [2.45, 2.75) is 32.7 Å². The first-order chi connectivity index (χ1) is 11.0. The molecular formula is C18H20BrNO3. The fourth-order valence-corrected chi connectivity index (χ4v) is 3.34. The number of furan rings is 1.